The molecule has 0 spiro atoms. The van der Waals surface area contributed by atoms with E-state index in [2.05, 4.69) is 5.32 Å². The Morgan fingerprint density at radius 2 is 2.14 bits per heavy atom. The van der Waals surface area contributed by atoms with Gasteiger partial charge in [0.2, 0.25) is 6.41 Å². The molecule has 0 bridgehead atoms. The number of aliphatic hydroxyl groups excluding tert-OH is 1. The highest BCUT2D eigenvalue weighted by Gasteiger charge is 2.02. The molecule has 1 atom stereocenters. The summed E-state index contributed by atoms with van der Waals surface area (Å²) in [4.78, 5) is 0. The van der Waals surface area contributed by atoms with Gasteiger partial charge >= 0.3 is 0 Å². The fraction of sp³-hybridized carbons (Fsp3) is 0.300. The van der Waals surface area contributed by atoms with Crippen molar-refractivity contribution in [1.82, 2.24) is 5.32 Å². The van der Waals surface area contributed by atoms with E-state index < -0.39 is 6.41 Å². The highest BCUT2D eigenvalue weighted by molar-refractivity contribution is 5.75. The Morgan fingerprint density at radius 1 is 1.50 bits per heavy atom. The molecule has 0 fully saturated rings. The molecular weight excluding hydrogens is 180 g/mol. The quantitative estimate of drug-likeness (QED) is 0.381. The van der Waals surface area contributed by atoms with Gasteiger partial charge in [0.05, 0.1) is 12.4 Å². The van der Waals surface area contributed by atoms with Crippen molar-refractivity contribution in [1.29, 1.82) is 5.41 Å². The van der Waals surface area contributed by atoms with Crippen LogP contribution in [0.2, 0.25) is 0 Å². The lowest BCUT2D eigenvalue weighted by Crippen LogP contribution is -2.34. The van der Waals surface area contributed by atoms with E-state index in [1.165, 1.54) is 6.92 Å². The molecule has 4 heteroatoms. The van der Waals surface area contributed by atoms with Crippen LogP contribution in [0.15, 0.2) is 30.3 Å². The monoisotopic (exact) mass is 194 g/mol. The normalized spacial score (nSPS) is 12.1. The average molecular weight is 194 g/mol. The summed E-state index contributed by atoms with van der Waals surface area (Å²) in [5.41, 5.74) is 0.982. The Hall–Kier alpha value is -1.39. The van der Waals surface area contributed by atoms with E-state index in [4.69, 9.17) is 10.1 Å². The maximum Gasteiger partial charge on any atom is 0.236 e. The Morgan fingerprint density at radius 3 is 2.71 bits per heavy atom. The maximum atomic E-state index is 9.21. The summed E-state index contributed by atoms with van der Waals surface area (Å²) >= 11 is 0. The standard InChI is InChI=1S/C10H14N2O2/c1-8(11)12-10(13)14-7-9-5-3-2-4-6-9/h2-6,10,13H,7H2,1H3,(H2,11,12). The summed E-state index contributed by atoms with van der Waals surface area (Å²) in [7, 11) is 0. The summed E-state index contributed by atoms with van der Waals surface area (Å²) in [6.07, 6.45) is -1.12. The van der Waals surface area contributed by atoms with E-state index in [-0.39, 0.29) is 5.84 Å². The first-order chi connectivity index (χ1) is 6.68. The highest BCUT2D eigenvalue weighted by atomic mass is 16.6. The molecule has 1 unspecified atom stereocenters. The topological polar surface area (TPSA) is 65.3 Å². The summed E-state index contributed by atoms with van der Waals surface area (Å²) < 4.78 is 5.04. The van der Waals surface area contributed by atoms with E-state index in [0.29, 0.717) is 6.61 Å². The predicted molar refractivity (Wildman–Crippen MR) is 53.8 cm³/mol. The first-order valence-corrected chi connectivity index (χ1v) is 4.34. The lowest BCUT2D eigenvalue weighted by molar-refractivity contribution is -0.117. The van der Waals surface area contributed by atoms with E-state index in [1.54, 1.807) is 0 Å². The third-order valence-corrected chi connectivity index (χ3v) is 1.59. The van der Waals surface area contributed by atoms with Gasteiger partial charge in [0.1, 0.15) is 0 Å². The Balaban J connectivity index is 2.30. The van der Waals surface area contributed by atoms with Crippen LogP contribution in [-0.4, -0.2) is 17.4 Å². The zero-order valence-electron chi connectivity index (χ0n) is 8.03. The van der Waals surface area contributed by atoms with Gasteiger partial charge in [-0.05, 0) is 12.5 Å². The summed E-state index contributed by atoms with van der Waals surface area (Å²) in [6, 6.07) is 9.54. The molecule has 1 rings (SSSR count). The Kier molecular flexibility index (Phi) is 4.10. The van der Waals surface area contributed by atoms with Crippen molar-refractivity contribution in [2.24, 2.45) is 0 Å². The van der Waals surface area contributed by atoms with Crippen LogP contribution >= 0.6 is 0 Å². The predicted octanol–water partition coefficient (Wildman–Crippen LogP) is 1.07. The fourth-order valence-electron chi connectivity index (χ4n) is 0.976. The smallest absolute Gasteiger partial charge is 0.236 e. The van der Waals surface area contributed by atoms with Crippen LogP contribution in [0, 0.1) is 5.41 Å². The minimum Gasteiger partial charge on any atom is -0.351 e. The number of aliphatic hydroxyl groups is 1. The molecule has 0 aliphatic rings. The first-order valence-electron chi connectivity index (χ1n) is 4.34. The number of hydrogen-bond acceptors (Lipinski definition) is 3. The van der Waals surface area contributed by atoms with Gasteiger partial charge in [-0.15, -0.1) is 0 Å². The van der Waals surface area contributed by atoms with Crippen molar-refractivity contribution in [3.63, 3.8) is 0 Å². The van der Waals surface area contributed by atoms with E-state index >= 15 is 0 Å². The third-order valence-electron chi connectivity index (χ3n) is 1.59. The van der Waals surface area contributed by atoms with Crippen molar-refractivity contribution in [3.8, 4) is 0 Å². The van der Waals surface area contributed by atoms with E-state index in [0.717, 1.165) is 5.56 Å². The second-order valence-corrected chi connectivity index (χ2v) is 2.92. The molecule has 0 heterocycles. The molecule has 76 valence electrons. The number of nitrogens with one attached hydrogen (secondary N) is 2. The van der Waals surface area contributed by atoms with Gasteiger partial charge in [-0.2, -0.15) is 0 Å². The SMILES string of the molecule is CC(=N)NC(O)OCc1ccccc1. The molecule has 0 saturated carbocycles. The minimum absolute atomic E-state index is 0.172. The van der Waals surface area contributed by atoms with Crippen LogP contribution in [0.25, 0.3) is 0 Å². The lowest BCUT2D eigenvalue weighted by atomic mass is 10.2. The van der Waals surface area contributed by atoms with Crippen molar-refractivity contribution < 1.29 is 9.84 Å². The average Bonchev–Trinajstić information content (AvgIpc) is 2.15. The van der Waals surface area contributed by atoms with Crippen molar-refractivity contribution in [2.45, 2.75) is 19.9 Å². The molecule has 14 heavy (non-hydrogen) atoms. The van der Waals surface area contributed by atoms with Crippen molar-refractivity contribution in [3.05, 3.63) is 35.9 Å². The van der Waals surface area contributed by atoms with Crippen LogP contribution in [0.4, 0.5) is 0 Å². The van der Waals surface area contributed by atoms with E-state index in [9.17, 15) is 5.11 Å². The maximum absolute atomic E-state index is 9.21. The Bertz CT molecular complexity index is 287. The van der Waals surface area contributed by atoms with Gasteiger partial charge < -0.3 is 15.2 Å². The van der Waals surface area contributed by atoms with Gasteiger partial charge in [-0.3, -0.25) is 5.41 Å². The van der Waals surface area contributed by atoms with Crippen LogP contribution in [-0.2, 0) is 11.3 Å². The van der Waals surface area contributed by atoms with Crippen LogP contribution in [0.1, 0.15) is 12.5 Å². The number of ether oxygens (including phenoxy) is 1. The lowest BCUT2D eigenvalue weighted by Gasteiger charge is -2.13. The van der Waals surface area contributed by atoms with Gasteiger partial charge in [-0.1, -0.05) is 30.3 Å². The minimum atomic E-state index is -1.12. The molecule has 0 aliphatic carbocycles. The van der Waals surface area contributed by atoms with Gasteiger partial charge in [-0.25, -0.2) is 0 Å². The zero-order chi connectivity index (χ0) is 10.4. The number of benzene rings is 1. The van der Waals surface area contributed by atoms with Crippen LogP contribution in [0.5, 0.6) is 0 Å². The summed E-state index contributed by atoms with van der Waals surface area (Å²) in [6.45, 7) is 1.86. The van der Waals surface area contributed by atoms with Gasteiger partial charge in [0, 0.05) is 0 Å². The molecule has 1 aromatic rings. The van der Waals surface area contributed by atoms with Crippen molar-refractivity contribution in [2.75, 3.05) is 0 Å². The highest BCUT2D eigenvalue weighted by Crippen LogP contribution is 2.01. The summed E-state index contributed by atoms with van der Waals surface area (Å²) in [5, 5.41) is 18.7. The molecular formula is C10H14N2O2. The van der Waals surface area contributed by atoms with Crippen LogP contribution in [0.3, 0.4) is 0 Å². The molecule has 0 aromatic heterocycles. The van der Waals surface area contributed by atoms with Crippen molar-refractivity contribution >= 4 is 5.84 Å². The number of rotatable bonds is 4. The fourth-order valence-corrected chi connectivity index (χ4v) is 0.976. The van der Waals surface area contributed by atoms with Crippen LogP contribution < -0.4 is 5.32 Å². The van der Waals surface area contributed by atoms with Gasteiger partial charge in [0.15, 0.2) is 0 Å². The first kappa shape index (κ1) is 10.7. The summed E-state index contributed by atoms with van der Waals surface area (Å²) in [5.74, 6) is 0.172. The third kappa shape index (κ3) is 4.02. The molecule has 0 amide bonds. The molecule has 1 aromatic carbocycles. The van der Waals surface area contributed by atoms with E-state index in [1.807, 2.05) is 30.3 Å². The number of amidine groups is 1. The molecule has 0 radical (unpaired) electrons. The largest absolute Gasteiger partial charge is 0.351 e. The molecule has 3 N–H and O–H groups in total. The second-order valence-electron chi connectivity index (χ2n) is 2.92. The molecule has 4 nitrogen and oxygen atoms in total. The van der Waals surface area contributed by atoms with Gasteiger partial charge in [0.25, 0.3) is 0 Å². The molecule has 0 saturated heterocycles. The zero-order valence-corrected chi connectivity index (χ0v) is 8.03. The molecule has 0 aliphatic heterocycles. The Labute approximate surface area is 83.0 Å². The second kappa shape index (κ2) is 5.36. The number of hydrogen-bond donors (Lipinski definition) is 3.